The van der Waals surface area contributed by atoms with Crippen molar-refractivity contribution in [3.63, 3.8) is 0 Å². The van der Waals surface area contributed by atoms with Gasteiger partial charge in [0.1, 0.15) is 22.5 Å². The molecule has 3 aromatic heterocycles. The lowest BCUT2D eigenvalue weighted by atomic mass is 10.2. The summed E-state index contributed by atoms with van der Waals surface area (Å²) in [5.74, 6) is 0.229. The van der Waals surface area contributed by atoms with Gasteiger partial charge in [-0.2, -0.15) is 0 Å². The van der Waals surface area contributed by atoms with Crippen molar-refractivity contribution in [3.8, 4) is 5.69 Å². The predicted octanol–water partition coefficient (Wildman–Crippen LogP) is 4.70. The number of benzene rings is 2. The standard InChI is InChI=1S/C23H20FN5O/c1-4-13(2)28-14(3)25-21-19(23(28)30)20-22(27-18-11-6-5-10-17(18)26-20)29(21)16-9-7-8-15(24)12-16/h5-13H,4H2,1-3H3/t13-/m0/s1. The number of fused-ring (bicyclic) bond motifs is 4. The quantitative estimate of drug-likeness (QED) is 0.439. The van der Waals surface area contributed by atoms with E-state index in [-0.39, 0.29) is 17.4 Å². The molecule has 0 aliphatic rings. The second kappa shape index (κ2) is 6.73. The van der Waals surface area contributed by atoms with Crippen molar-refractivity contribution in [2.45, 2.75) is 33.2 Å². The summed E-state index contributed by atoms with van der Waals surface area (Å²) in [6.07, 6.45) is 0.797. The largest absolute Gasteiger partial charge is 0.293 e. The first-order valence-corrected chi connectivity index (χ1v) is 9.95. The zero-order valence-electron chi connectivity index (χ0n) is 16.9. The molecule has 0 amide bonds. The van der Waals surface area contributed by atoms with Crippen LogP contribution in [0.4, 0.5) is 4.39 Å². The molecule has 150 valence electrons. The molecule has 6 nitrogen and oxygen atoms in total. The SMILES string of the molecule is CC[C@H](C)n1c(C)nc2c(c1=O)c1nc3ccccc3nc1n2-c1cccc(F)c1. The molecule has 2 aromatic carbocycles. The van der Waals surface area contributed by atoms with Gasteiger partial charge in [0, 0.05) is 6.04 Å². The van der Waals surface area contributed by atoms with Crippen LogP contribution in [0.3, 0.4) is 0 Å². The fourth-order valence-electron chi connectivity index (χ4n) is 3.97. The van der Waals surface area contributed by atoms with Gasteiger partial charge in [-0.3, -0.25) is 13.9 Å². The number of para-hydroxylation sites is 2. The molecule has 0 radical (unpaired) electrons. The first kappa shape index (κ1) is 18.4. The Morgan fingerprint density at radius 2 is 1.73 bits per heavy atom. The summed E-state index contributed by atoms with van der Waals surface area (Å²) >= 11 is 0. The molecule has 0 fully saturated rings. The van der Waals surface area contributed by atoms with Crippen LogP contribution in [0.1, 0.15) is 32.1 Å². The summed E-state index contributed by atoms with van der Waals surface area (Å²) in [5.41, 5.74) is 3.18. The summed E-state index contributed by atoms with van der Waals surface area (Å²) in [7, 11) is 0. The smallest absolute Gasteiger partial charge is 0.265 e. The monoisotopic (exact) mass is 401 g/mol. The van der Waals surface area contributed by atoms with Crippen LogP contribution < -0.4 is 5.56 Å². The summed E-state index contributed by atoms with van der Waals surface area (Å²) in [6, 6.07) is 13.7. The van der Waals surface area contributed by atoms with Crippen LogP contribution in [0.15, 0.2) is 53.3 Å². The molecule has 0 aliphatic carbocycles. The zero-order valence-corrected chi connectivity index (χ0v) is 16.9. The van der Waals surface area contributed by atoms with E-state index in [0.29, 0.717) is 44.7 Å². The van der Waals surface area contributed by atoms with E-state index in [2.05, 4.69) is 0 Å². The van der Waals surface area contributed by atoms with Crippen molar-refractivity contribution in [1.82, 2.24) is 24.1 Å². The molecule has 0 N–H and O–H groups in total. The average Bonchev–Trinajstić information content (AvgIpc) is 3.04. The highest BCUT2D eigenvalue weighted by Crippen LogP contribution is 2.29. The number of nitrogens with zero attached hydrogens (tertiary/aromatic N) is 5. The maximum Gasteiger partial charge on any atom is 0.265 e. The van der Waals surface area contributed by atoms with Crippen LogP contribution in [0, 0.1) is 12.7 Å². The molecule has 0 aliphatic heterocycles. The Hall–Kier alpha value is -3.61. The van der Waals surface area contributed by atoms with Crippen molar-refractivity contribution in [2.75, 3.05) is 0 Å². The number of rotatable bonds is 3. The predicted molar refractivity (Wildman–Crippen MR) is 116 cm³/mol. The molecule has 3 heterocycles. The normalized spacial score (nSPS) is 12.8. The van der Waals surface area contributed by atoms with Crippen molar-refractivity contribution >= 4 is 33.2 Å². The molecule has 1 atom stereocenters. The Morgan fingerprint density at radius 3 is 2.43 bits per heavy atom. The van der Waals surface area contributed by atoms with Gasteiger partial charge in [0.15, 0.2) is 11.3 Å². The van der Waals surface area contributed by atoms with Gasteiger partial charge in [-0.15, -0.1) is 0 Å². The van der Waals surface area contributed by atoms with E-state index < -0.39 is 0 Å². The lowest BCUT2D eigenvalue weighted by Gasteiger charge is -2.16. The zero-order chi connectivity index (χ0) is 21.0. The molecule has 0 saturated carbocycles. The van der Waals surface area contributed by atoms with E-state index in [1.54, 1.807) is 21.3 Å². The van der Waals surface area contributed by atoms with Crippen molar-refractivity contribution in [1.29, 1.82) is 0 Å². The Balaban J connectivity index is 2.03. The first-order valence-electron chi connectivity index (χ1n) is 9.95. The molecule has 30 heavy (non-hydrogen) atoms. The van der Waals surface area contributed by atoms with Gasteiger partial charge in [0.25, 0.3) is 5.56 Å². The second-order valence-corrected chi connectivity index (χ2v) is 7.49. The van der Waals surface area contributed by atoms with Crippen LogP contribution in [-0.4, -0.2) is 24.1 Å². The number of hydrogen-bond acceptors (Lipinski definition) is 4. The third kappa shape index (κ3) is 2.62. The van der Waals surface area contributed by atoms with E-state index in [4.69, 9.17) is 15.0 Å². The molecular weight excluding hydrogens is 381 g/mol. The summed E-state index contributed by atoms with van der Waals surface area (Å²) in [5, 5.41) is 0.401. The molecule has 7 heteroatoms. The summed E-state index contributed by atoms with van der Waals surface area (Å²) in [6.45, 7) is 5.84. The highest BCUT2D eigenvalue weighted by Gasteiger charge is 2.23. The lowest BCUT2D eigenvalue weighted by Crippen LogP contribution is -2.26. The number of hydrogen-bond donors (Lipinski definition) is 0. The van der Waals surface area contributed by atoms with Gasteiger partial charge in [0.2, 0.25) is 0 Å². The Kier molecular flexibility index (Phi) is 4.13. The fourth-order valence-corrected chi connectivity index (χ4v) is 3.97. The summed E-state index contributed by atoms with van der Waals surface area (Å²) in [4.78, 5) is 27.9. The van der Waals surface area contributed by atoms with E-state index in [9.17, 15) is 9.18 Å². The first-order chi connectivity index (χ1) is 14.5. The topological polar surface area (TPSA) is 65.6 Å². The average molecular weight is 401 g/mol. The lowest BCUT2D eigenvalue weighted by molar-refractivity contribution is 0.497. The van der Waals surface area contributed by atoms with Crippen LogP contribution in [-0.2, 0) is 0 Å². The highest BCUT2D eigenvalue weighted by molar-refractivity contribution is 6.05. The molecule has 0 bridgehead atoms. The number of halogens is 1. The minimum atomic E-state index is -0.374. The molecule has 0 saturated heterocycles. The Morgan fingerprint density at radius 1 is 1.00 bits per heavy atom. The number of aryl methyl sites for hydroxylation is 1. The van der Waals surface area contributed by atoms with Crippen LogP contribution >= 0.6 is 0 Å². The molecule has 5 rings (SSSR count). The third-order valence-electron chi connectivity index (χ3n) is 5.58. The molecule has 5 aromatic rings. The Bertz CT molecular complexity index is 1500. The summed E-state index contributed by atoms with van der Waals surface area (Å²) < 4.78 is 17.5. The second-order valence-electron chi connectivity index (χ2n) is 7.49. The minimum Gasteiger partial charge on any atom is -0.293 e. The number of aromatic nitrogens is 5. The maximum atomic E-state index is 14.1. The van der Waals surface area contributed by atoms with Gasteiger partial charge in [0.05, 0.1) is 16.7 Å². The fraction of sp³-hybridized carbons (Fsp3) is 0.217. The Labute approximate surface area is 171 Å². The van der Waals surface area contributed by atoms with E-state index in [0.717, 1.165) is 6.42 Å². The van der Waals surface area contributed by atoms with Crippen molar-refractivity contribution in [2.24, 2.45) is 0 Å². The van der Waals surface area contributed by atoms with Crippen LogP contribution in [0.5, 0.6) is 0 Å². The molecule has 0 spiro atoms. The third-order valence-corrected chi connectivity index (χ3v) is 5.58. The van der Waals surface area contributed by atoms with Gasteiger partial charge in [-0.1, -0.05) is 25.1 Å². The highest BCUT2D eigenvalue weighted by atomic mass is 19.1. The van der Waals surface area contributed by atoms with Gasteiger partial charge in [-0.05, 0) is 50.6 Å². The van der Waals surface area contributed by atoms with Crippen molar-refractivity contribution < 1.29 is 4.39 Å². The van der Waals surface area contributed by atoms with E-state index >= 15 is 0 Å². The maximum absolute atomic E-state index is 14.1. The van der Waals surface area contributed by atoms with E-state index in [1.165, 1.54) is 12.1 Å². The van der Waals surface area contributed by atoms with Crippen LogP contribution in [0.25, 0.3) is 38.9 Å². The molecule has 0 unspecified atom stereocenters. The van der Waals surface area contributed by atoms with Crippen LogP contribution in [0.2, 0.25) is 0 Å². The minimum absolute atomic E-state index is 0.00427. The van der Waals surface area contributed by atoms with Gasteiger partial charge >= 0.3 is 0 Å². The molecular formula is C23H20FN5O. The van der Waals surface area contributed by atoms with Gasteiger partial charge in [-0.25, -0.2) is 19.3 Å². The van der Waals surface area contributed by atoms with E-state index in [1.807, 2.05) is 45.0 Å². The van der Waals surface area contributed by atoms with Crippen molar-refractivity contribution in [3.05, 3.63) is 70.5 Å². The van der Waals surface area contributed by atoms with Gasteiger partial charge < -0.3 is 0 Å².